The molecule has 0 spiro atoms. The highest BCUT2D eigenvalue weighted by molar-refractivity contribution is 5.91. The highest BCUT2D eigenvalue weighted by atomic mass is 16.5. The Labute approximate surface area is 101 Å². The van der Waals surface area contributed by atoms with E-state index in [4.69, 9.17) is 9.84 Å². The Morgan fingerprint density at radius 2 is 2.12 bits per heavy atom. The number of rotatable bonds is 6. The van der Waals surface area contributed by atoms with Crippen LogP contribution in [-0.2, 0) is 9.53 Å². The summed E-state index contributed by atoms with van der Waals surface area (Å²) in [6, 6.07) is 9.53. The van der Waals surface area contributed by atoms with E-state index in [2.05, 4.69) is 0 Å². The van der Waals surface area contributed by atoms with E-state index in [1.807, 2.05) is 30.3 Å². The summed E-state index contributed by atoms with van der Waals surface area (Å²) in [6.07, 6.45) is 3.17. The Balaban J connectivity index is 2.55. The fraction of sp³-hybridized carbons (Fsp3) is 0.308. The van der Waals surface area contributed by atoms with Crippen molar-refractivity contribution in [3.63, 3.8) is 0 Å². The number of aliphatic hydroxyl groups excluding tert-OH is 1. The third-order valence-electron chi connectivity index (χ3n) is 2.27. The third kappa shape index (κ3) is 4.80. The Morgan fingerprint density at radius 1 is 1.41 bits per heavy atom. The lowest BCUT2D eigenvalue weighted by Crippen LogP contribution is -2.33. The molecule has 17 heavy (non-hydrogen) atoms. The summed E-state index contributed by atoms with van der Waals surface area (Å²) in [4.78, 5) is 13.0. The lowest BCUT2D eigenvalue weighted by Gasteiger charge is -2.17. The van der Waals surface area contributed by atoms with E-state index >= 15 is 0 Å². The summed E-state index contributed by atoms with van der Waals surface area (Å²) in [5, 5.41) is 9.04. The molecule has 0 unspecified atom stereocenters. The summed E-state index contributed by atoms with van der Waals surface area (Å²) in [7, 11) is 1.56. The Bertz CT molecular complexity index is 362. The number of hydrogen-bond acceptors (Lipinski definition) is 3. The van der Waals surface area contributed by atoms with E-state index in [-0.39, 0.29) is 12.6 Å². The first-order chi connectivity index (χ1) is 8.27. The van der Waals surface area contributed by atoms with Gasteiger partial charge in [-0.3, -0.25) is 4.79 Å². The van der Waals surface area contributed by atoms with Gasteiger partial charge < -0.3 is 14.7 Å². The molecule has 0 aromatic heterocycles. The SMILES string of the molecule is COCCN(CO)C(=O)C=Cc1ccccc1. The first kappa shape index (κ1) is 13.4. The second-order valence-electron chi connectivity index (χ2n) is 3.48. The van der Waals surface area contributed by atoms with Gasteiger partial charge in [0.05, 0.1) is 6.61 Å². The summed E-state index contributed by atoms with van der Waals surface area (Å²) in [5.41, 5.74) is 0.950. The van der Waals surface area contributed by atoms with Gasteiger partial charge >= 0.3 is 0 Å². The maximum absolute atomic E-state index is 11.7. The zero-order valence-corrected chi connectivity index (χ0v) is 9.87. The molecular formula is C13H17NO3. The molecule has 0 aliphatic heterocycles. The smallest absolute Gasteiger partial charge is 0.248 e. The molecule has 0 atom stereocenters. The molecule has 0 heterocycles. The van der Waals surface area contributed by atoms with Crippen LogP contribution in [0.1, 0.15) is 5.56 Å². The number of nitrogens with zero attached hydrogens (tertiary/aromatic N) is 1. The van der Waals surface area contributed by atoms with Gasteiger partial charge in [0.15, 0.2) is 0 Å². The third-order valence-corrected chi connectivity index (χ3v) is 2.27. The van der Waals surface area contributed by atoms with Gasteiger partial charge in [0, 0.05) is 19.7 Å². The topological polar surface area (TPSA) is 49.8 Å². The predicted octanol–water partition coefficient (Wildman–Crippen LogP) is 1.12. The van der Waals surface area contributed by atoms with Gasteiger partial charge in [-0.25, -0.2) is 0 Å². The minimum atomic E-state index is -0.304. The van der Waals surface area contributed by atoms with E-state index in [0.717, 1.165) is 5.56 Å². The number of aliphatic hydroxyl groups is 1. The number of amides is 1. The Morgan fingerprint density at radius 3 is 2.71 bits per heavy atom. The molecule has 92 valence electrons. The van der Waals surface area contributed by atoms with Crippen LogP contribution in [0, 0.1) is 0 Å². The normalized spacial score (nSPS) is 10.7. The zero-order valence-electron chi connectivity index (χ0n) is 9.87. The Kier molecular flexibility index (Phi) is 5.99. The van der Waals surface area contributed by atoms with Crippen molar-refractivity contribution in [2.24, 2.45) is 0 Å². The number of benzene rings is 1. The van der Waals surface area contributed by atoms with E-state index in [1.54, 1.807) is 13.2 Å². The van der Waals surface area contributed by atoms with Gasteiger partial charge in [0.1, 0.15) is 6.73 Å². The van der Waals surface area contributed by atoms with E-state index in [1.165, 1.54) is 11.0 Å². The largest absolute Gasteiger partial charge is 0.383 e. The highest BCUT2D eigenvalue weighted by Gasteiger charge is 2.07. The summed E-state index contributed by atoms with van der Waals surface area (Å²) in [6.45, 7) is 0.484. The summed E-state index contributed by atoms with van der Waals surface area (Å²) in [5.74, 6) is -0.228. The summed E-state index contributed by atoms with van der Waals surface area (Å²) < 4.78 is 4.86. The van der Waals surface area contributed by atoms with E-state index < -0.39 is 0 Å². The number of methoxy groups -OCH3 is 1. The highest BCUT2D eigenvalue weighted by Crippen LogP contribution is 2.01. The average molecular weight is 235 g/mol. The number of ether oxygens (including phenoxy) is 1. The molecule has 4 heteroatoms. The van der Waals surface area contributed by atoms with Crippen molar-refractivity contribution >= 4 is 12.0 Å². The molecule has 1 aromatic carbocycles. The molecule has 0 aliphatic rings. The lowest BCUT2D eigenvalue weighted by molar-refractivity contribution is -0.130. The molecule has 0 saturated carbocycles. The van der Waals surface area contributed by atoms with Crippen molar-refractivity contribution in [2.45, 2.75) is 0 Å². The molecule has 1 rings (SSSR count). The monoisotopic (exact) mass is 235 g/mol. The maximum Gasteiger partial charge on any atom is 0.248 e. The second kappa shape index (κ2) is 7.60. The molecule has 0 radical (unpaired) electrons. The van der Waals surface area contributed by atoms with Gasteiger partial charge in [-0.05, 0) is 11.6 Å². The van der Waals surface area contributed by atoms with Crippen molar-refractivity contribution in [2.75, 3.05) is 27.0 Å². The molecule has 1 amide bonds. The second-order valence-corrected chi connectivity index (χ2v) is 3.48. The van der Waals surface area contributed by atoms with Crippen LogP contribution >= 0.6 is 0 Å². The molecule has 0 saturated heterocycles. The van der Waals surface area contributed by atoms with Crippen LogP contribution in [0.25, 0.3) is 6.08 Å². The molecule has 1 N–H and O–H groups in total. The first-order valence-corrected chi connectivity index (χ1v) is 5.39. The summed E-state index contributed by atoms with van der Waals surface area (Å²) >= 11 is 0. The van der Waals surface area contributed by atoms with Gasteiger partial charge in [0.2, 0.25) is 5.91 Å². The molecule has 1 aromatic rings. The molecule has 0 fully saturated rings. The maximum atomic E-state index is 11.7. The number of hydrogen-bond donors (Lipinski definition) is 1. The molecule has 4 nitrogen and oxygen atoms in total. The van der Waals surface area contributed by atoms with E-state index in [9.17, 15) is 4.79 Å². The van der Waals surface area contributed by atoms with Crippen molar-refractivity contribution in [1.82, 2.24) is 4.90 Å². The zero-order chi connectivity index (χ0) is 12.5. The van der Waals surface area contributed by atoms with Crippen LogP contribution in [0.2, 0.25) is 0 Å². The molecule has 0 bridgehead atoms. The lowest BCUT2D eigenvalue weighted by atomic mass is 10.2. The number of carbonyl (C=O) groups excluding carboxylic acids is 1. The van der Waals surface area contributed by atoms with Crippen LogP contribution in [0.5, 0.6) is 0 Å². The van der Waals surface area contributed by atoms with Crippen LogP contribution in [0.15, 0.2) is 36.4 Å². The molecular weight excluding hydrogens is 218 g/mol. The van der Waals surface area contributed by atoms with Crippen molar-refractivity contribution in [3.8, 4) is 0 Å². The van der Waals surface area contributed by atoms with Crippen molar-refractivity contribution in [3.05, 3.63) is 42.0 Å². The van der Waals surface area contributed by atoms with Crippen molar-refractivity contribution < 1.29 is 14.6 Å². The standard InChI is InChI=1S/C13H17NO3/c1-17-10-9-14(11-15)13(16)8-7-12-5-3-2-4-6-12/h2-8,15H,9-11H2,1H3. The van der Waals surface area contributed by atoms with Gasteiger partial charge in [-0.15, -0.1) is 0 Å². The minimum absolute atomic E-state index is 0.228. The van der Waals surface area contributed by atoms with Crippen LogP contribution in [0.3, 0.4) is 0 Å². The Hall–Kier alpha value is -1.65. The fourth-order valence-electron chi connectivity index (χ4n) is 1.29. The van der Waals surface area contributed by atoms with Crippen molar-refractivity contribution in [1.29, 1.82) is 0 Å². The van der Waals surface area contributed by atoms with E-state index in [0.29, 0.717) is 13.2 Å². The van der Waals surface area contributed by atoms with Crippen LogP contribution in [0.4, 0.5) is 0 Å². The van der Waals surface area contributed by atoms with Crippen LogP contribution < -0.4 is 0 Å². The first-order valence-electron chi connectivity index (χ1n) is 5.39. The predicted molar refractivity (Wildman–Crippen MR) is 66.2 cm³/mol. The number of carbonyl (C=O) groups is 1. The van der Waals surface area contributed by atoms with Gasteiger partial charge in [0.25, 0.3) is 0 Å². The quantitative estimate of drug-likeness (QED) is 0.594. The molecule has 0 aliphatic carbocycles. The van der Waals surface area contributed by atoms with Gasteiger partial charge in [-0.2, -0.15) is 0 Å². The minimum Gasteiger partial charge on any atom is -0.383 e. The van der Waals surface area contributed by atoms with Crippen LogP contribution in [-0.4, -0.2) is 42.9 Å². The average Bonchev–Trinajstić information content (AvgIpc) is 2.38. The fourth-order valence-corrected chi connectivity index (χ4v) is 1.29. The van der Waals surface area contributed by atoms with Gasteiger partial charge in [-0.1, -0.05) is 30.3 Å².